The first-order valence-electron chi connectivity index (χ1n) is 8.58. The Labute approximate surface area is 146 Å². The molecule has 2 unspecified atom stereocenters. The predicted molar refractivity (Wildman–Crippen MR) is 89.2 cm³/mol. The van der Waals surface area contributed by atoms with Crippen LogP contribution in [0.3, 0.4) is 0 Å². The molecule has 1 aromatic carbocycles. The molecule has 25 heavy (non-hydrogen) atoms. The van der Waals surface area contributed by atoms with Crippen LogP contribution in [-0.2, 0) is 22.6 Å². The summed E-state index contributed by atoms with van der Waals surface area (Å²) in [7, 11) is 0. The lowest BCUT2D eigenvalue weighted by Crippen LogP contribution is -2.50. The number of likely N-dealkylation sites (tertiary alicyclic amines) is 1. The summed E-state index contributed by atoms with van der Waals surface area (Å²) in [6, 6.07) is 8.62. The molecule has 1 saturated heterocycles. The Balaban J connectivity index is 1.63. The van der Waals surface area contributed by atoms with Gasteiger partial charge in [-0.1, -0.05) is 24.3 Å². The largest absolute Gasteiger partial charge is 0.338 e. The highest BCUT2D eigenvalue weighted by atomic mass is 16.5. The van der Waals surface area contributed by atoms with E-state index in [-0.39, 0.29) is 12.3 Å². The van der Waals surface area contributed by atoms with Crippen LogP contribution in [-0.4, -0.2) is 52.0 Å². The lowest BCUT2D eigenvalue weighted by Gasteiger charge is -2.31. The molecule has 7 heteroatoms. The van der Waals surface area contributed by atoms with Gasteiger partial charge in [0.05, 0.1) is 12.5 Å². The van der Waals surface area contributed by atoms with E-state index in [9.17, 15) is 14.8 Å². The third-order valence-electron chi connectivity index (χ3n) is 5.00. The lowest BCUT2D eigenvalue weighted by atomic mass is 9.99. The fraction of sp³-hybridized carbons (Fsp3) is 0.500. The van der Waals surface area contributed by atoms with Crippen molar-refractivity contribution in [1.82, 2.24) is 15.3 Å². The number of benzene rings is 1. The number of nitrogens with one attached hydrogen (secondary N) is 1. The SMILES string of the molecule is N#CC1CCCN1C(=O)C(CC(=O)N1CCc2ccccc2C1)NO. The lowest BCUT2D eigenvalue weighted by molar-refractivity contribution is -0.142. The minimum Gasteiger partial charge on any atom is -0.338 e. The van der Waals surface area contributed by atoms with Gasteiger partial charge in [0.25, 0.3) is 0 Å². The van der Waals surface area contributed by atoms with Gasteiger partial charge in [0.15, 0.2) is 0 Å². The summed E-state index contributed by atoms with van der Waals surface area (Å²) in [6.45, 7) is 1.61. The number of nitrogens with zero attached hydrogens (tertiary/aromatic N) is 3. The molecule has 0 aliphatic carbocycles. The molecule has 3 rings (SSSR count). The van der Waals surface area contributed by atoms with Crippen LogP contribution < -0.4 is 5.48 Å². The zero-order valence-electron chi connectivity index (χ0n) is 14.0. The fourth-order valence-electron chi connectivity index (χ4n) is 3.57. The molecule has 2 N–H and O–H groups in total. The zero-order valence-corrected chi connectivity index (χ0v) is 14.0. The molecule has 132 valence electrons. The Bertz CT molecular complexity index is 700. The molecule has 2 aliphatic rings. The van der Waals surface area contributed by atoms with E-state index in [1.165, 1.54) is 10.5 Å². The predicted octanol–water partition coefficient (Wildman–Crippen LogP) is 0.823. The molecule has 0 bridgehead atoms. The van der Waals surface area contributed by atoms with Gasteiger partial charge in [0.2, 0.25) is 11.8 Å². The number of hydrogen-bond donors (Lipinski definition) is 2. The van der Waals surface area contributed by atoms with Crippen LogP contribution in [0.2, 0.25) is 0 Å². The maximum absolute atomic E-state index is 12.6. The highest BCUT2D eigenvalue weighted by Crippen LogP contribution is 2.21. The van der Waals surface area contributed by atoms with Gasteiger partial charge in [-0.25, -0.2) is 0 Å². The summed E-state index contributed by atoms with van der Waals surface area (Å²) >= 11 is 0. The molecule has 2 amide bonds. The Morgan fingerprint density at radius 1 is 1.32 bits per heavy atom. The number of hydroxylamine groups is 1. The van der Waals surface area contributed by atoms with Crippen LogP contribution in [0, 0.1) is 11.3 Å². The third kappa shape index (κ3) is 3.65. The van der Waals surface area contributed by atoms with Crippen LogP contribution in [0.4, 0.5) is 0 Å². The van der Waals surface area contributed by atoms with Crippen molar-refractivity contribution in [2.45, 2.75) is 44.3 Å². The first-order valence-corrected chi connectivity index (χ1v) is 8.58. The van der Waals surface area contributed by atoms with E-state index in [1.807, 2.05) is 23.7 Å². The van der Waals surface area contributed by atoms with Gasteiger partial charge in [-0.05, 0) is 30.4 Å². The highest BCUT2D eigenvalue weighted by molar-refractivity contribution is 5.89. The van der Waals surface area contributed by atoms with E-state index in [1.54, 1.807) is 4.90 Å². The van der Waals surface area contributed by atoms with Crippen molar-refractivity contribution in [1.29, 1.82) is 5.26 Å². The Morgan fingerprint density at radius 2 is 2.08 bits per heavy atom. The summed E-state index contributed by atoms with van der Waals surface area (Å²) < 4.78 is 0. The fourth-order valence-corrected chi connectivity index (χ4v) is 3.57. The number of rotatable bonds is 4. The Hall–Kier alpha value is -2.43. The second kappa shape index (κ2) is 7.64. The van der Waals surface area contributed by atoms with Crippen molar-refractivity contribution < 1.29 is 14.8 Å². The molecule has 2 aliphatic heterocycles. The normalized spacial score (nSPS) is 20.7. The smallest absolute Gasteiger partial charge is 0.243 e. The second-order valence-corrected chi connectivity index (χ2v) is 6.54. The molecule has 0 spiro atoms. The van der Waals surface area contributed by atoms with Crippen LogP contribution in [0.25, 0.3) is 0 Å². The molecule has 2 heterocycles. The molecule has 2 atom stereocenters. The maximum atomic E-state index is 12.6. The number of fused-ring (bicyclic) bond motifs is 1. The van der Waals surface area contributed by atoms with Crippen molar-refractivity contribution in [3.05, 3.63) is 35.4 Å². The number of hydrogen-bond acceptors (Lipinski definition) is 5. The number of amides is 2. The van der Waals surface area contributed by atoms with Crippen molar-refractivity contribution in [2.75, 3.05) is 13.1 Å². The first kappa shape index (κ1) is 17.4. The highest BCUT2D eigenvalue weighted by Gasteiger charge is 2.35. The van der Waals surface area contributed by atoms with Gasteiger partial charge in [0, 0.05) is 19.6 Å². The number of carbonyl (C=O) groups is 2. The molecular formula is C18H22N4O3. The van der Waals surface area contributed by atoms with E-state index in [0.717, 1.165) is 18.4 Å². The molecule has 0 saturated carbocycles. The van der Waals surface area contributed by atoms with Gasteiger partial charge < -0.3 is 15.0 Å². The van der Waals surface area contributed by atoms with Gasteiger partial charge >= 0.3 is 0 Å². The summed E-state index contributed by atoms with van der Waals surface area (Å²) in [5.74, 6) is -0.570. The van der Waals surface area contributed by atoms with E-state index >= 15 is 0 Å². The number of nitriles is 1. The monoisotopic (exact) mass is 342 g/mol. The second-order valence-electron chi connectivity index (χ2n) is 6.54. The minimum absolute atomic E-state index is 0.119. The Kier molecular flexibility index (Phi) is 5.31. The zero-order chi connectivity index (χ0) is 17.8. The summed E-state index contributed by atoms with van der Waals surface area (Å²) in [5, 5.41) is 18.5. The minimum atomic E-state index is -1.02. The standard InChI is InChI=1S/C18H22N4O3/c19-11-15-6-3-8-22(15)18(24)16(20-25)10-17(23)21-9-7-13-4-1-2-5-14(13)12-21/h1-2,4-5,15-16,20,25H,3,6-10,12H2. The summed E-state index contributed by atoms with van der Waals surface area (Å²) in [4.78, 5) is 28.3. The molecular weight excluding hydrogens is 320 g/mol. The molecule has 0 aromatic heterocycles. The first-order chi connectivity index (χ1) is 12.1. The van der Waals surface area contributed by atoms with E-state index < -0.39 is 18.0 Å². The van der Waals surface area contributed by atoms with Gasteiger partial charge in [-0.2, -0.15) is 10.7 Å². The molecule has 0 radical (unpaired) electrons. The van der Waals surface area contributed by atoms with Crippen molar-refractivity contribution in [3.63, 3.8) is 0 Å². The van der Waals surface area contributed by atoms with Gasteiger partial charge in [0.1, 0.15) is 12.1 Å². The Morgan fingerprint density at radius 3 is 2.80 bits per heavy atom. The van der Waals surface area contributed by atoms with Crippen LogP contribution in [0.1, 0.15) is 30.4 Å². The summed E-state index contributed by atoms with van der Waals surface area (Å²) in [6.07, 6.45) is 2.07. The topological polar surface area (TPSA) is 96.7 Å². The van der Waals surface area contributed by atoms with E-state index in [2.05, 4.69) is 12.1 Å². The maximum Gasteiger partial charge on any atom is 0.243 e. The average Bonchev–Trinajstić information content (AvgIpc) is 3.13. The van der Waals surface area contributed by atoms with Crippen molar-refractivity contribution in [2.24, 2.45) is 0 Å². The quantitative estimate of drug-likeness (QED) is 0.790. The van der Waals surface area contributed by atoms with Crippen molar-refractivity contribution >= 4 is 11.8 Å². The van der Waals surface area contributed by atoms with Crippen LogP contribution >= 0.6 is 0 Å². The molecule has 1 fully saturated rings. The molecule has 7 nitrogen and oxygen atoms in total. The molecule has 1 aromatic rings. The third-order valence-corrected chi connectivity index (χ3v) is 5.00. The number of carbonyl (C=O) groups excluding carboxylic acids is 2. The van der Waals surface area contributed by atoms with Crippen molar-refractivity contribution in [3.8, 4) is 6.07 Å². The van der Waals surface area contributed by atoms with Gasteiger partial charge in [-0.3, -0.25) is 9.59 Å². The summed E-state index contributed by atoms with van der Waals surface area (Å²) in [5.41, 5.74) is 4.32. The van der Waals surface area contributed by atoms with Crippen LogP contribution in [0.5, 0.6) is 0 Å². The average molecular weight is 342 g/mol. The van der Waals surface area contributed by atoms with E-state index in [0.29, 0.717) is 26.1 Å². The van der Waals surface area contributed by atoms with E-state index in [4.69, 9.17) is 5.26 Å². The van der Waals surface area contributed by atoms with Gasteiger partial charge in [-0.15, -0.1) is 0 Å². The van der Waals surface area contributed by atoms with Crippen LogP contribution in [0.15, 0.2) is 24.3 Å².